The minimum Gasteiger partial charge on any atom is -0.336 e. The van der Waals surface area contributed by atoms with Crippen LogP contribution in [-0.4, -0.2) is 46.3 Å². The normalized spacial score (nSPS) is 10.6. The van der Waals surface area contributed by atoms with E-state index in [9.17, 15) is 9.59 Å². The lowest BCUT2D eigenvalue weighted by molar-refractivity contribution is -0.131. The highest BCUT2D eigenvalue weighted by Crippen LogP contribution is 2.29. The van der Waals surface area contributed by atoms with Gasteiger partial charge in [0.15, 0.2) is 4.34 Å². The van der Waals surface area contributed by atoms with E-state index in [4.69, 9.17) is 23.2 Å². The zero-order valence-corrected chi connectivity index (χ0v) is 19.8. The number of carbonyl (C=O) groups excluding carboxylic acids is 2. The third-order valence-electron chi connectivity index (χ3n) is 4.10. The van der Waals surface area contributed by atoms with E-state index in [1.807, 2.05) is 25.1 Å². The second-order valence-electron chi connectivity index (χ2n) is 6.53. The number of hydrogen-bond donors (Lipinski definition) is 2. The highest BCUT2D eigenvalue weighted by atomic mass is 35.5. The Morgan fingerprint density at radius 3 is 2.65 bits per heavy atom. The van der Waals surface area contributed by atoms with Gasteiger partial charge in [0.05, 0.1) is 23.0 Å². The predicted octanol–water partition coefficient (Wildman–Crippen LogP) is 5.09. The second-order valence-corrected chi connectivity index (χ2v) is 9.54. The van der Waals surface area contributed by atoms with Crippen LogP contribution in [0, 0.1) is 6.92 Å². The number of amides is 2. The van der Waals surface area contributed by atoms with E-state index < -0.39 is 0 Å². The fraction of sp³-hybridized carbons (Fsp3) is 0.200. The molecule has 0 aliphatic heterocycles. The largest absolute Gasteiger partial charge is 0.336 e. The van der Waals surface area contributed by atoms with Crippen LogP contribution in [-0.2, 0) is 9.59 Å². The van der Waals surface area contributed by atoms with Crippen LogP contribution in [0.15, 0.2) is 46.8 Å². The van der Waals surface area contributed by atoms with E-state index in [1.165, 1.54) is 28.0 Å². The maximum absolute atomic E-state index is 12.4. The lowest BCUT2D eigenvalue weighted by Gasteiger charge is -2.16. The summed E-state index contributed by atoms with van der Waals surface area (Å²) >= 11 is 14.8. The average molecular weight is 496 g/mol. The van der Waals surface area contributed by atoms with Crippen LogP contribution in [0.2, 0.25) is 10.0 Å². The van der Waals surface area contributed by atoms with Crippen molar-refractivity contribution in [1.82, 2.24) is 15.1 Å². The van der Waals surface area contributed by atoms with Gasteiger partial charge in [-0.25, -0.2) is 0 Å². The molecule has 2 aromatic carbocycles. The Morgan fingerprint density at radius 1 is 1.13 bits per heavy atom. The summed E-state index contributed by atoms with van der Waals surface area (Å²) in [6, 6.07) is 12.6. The number of benzene rings is 2. The minimum atomic E-state index is -0.326. The van der Waals surface area contributed by atoms with E-state index in [1.54, 1.807) is 31.3 Å². The van der Waals surface area contributed by atoms with E-state index in [0.717, 1.165) is 11.3 Å². The number of likely N-dealkylation sites (N-methyl/N-ethyl adjacent to an activating group) is 1. The number of halogens is 2. The van der Waals surface area contributed by atoms with Gasteiger partial charge in [0.2, 0.25) is 16.9 Å². The molecule has 0 radical (unpaired) electrons. The molecule has 1 heterocycles. The van der Waals surface area contributed by atoms with Crippen molar-refractivity contribution in [1.29, 1.82) is 0 Å². The molecule has 2 amide bonds. The van der Waals surface area contributed by atoms with Crippen molar-refractivity contribution < 1.29 is 9.59 Å². The third-order valence-corrected chi connectivity index (χ3v) is 6.80. The summed E-state index contributed by atoms with van der Waals surface area (Å²) in [5.74, 6) is -0.386. The van der Waals surface area contributed by atoms with Gasteiger partial charge < -0.3 is 15.5 Å². The Hall–Kier alpha value is -2.33. The van der Waals surface area contributed by atoms with Crippen LogP contribution in [0.3, 0.4) is 0 Å². The zero-order chi connectivity index (χ0) is 22.4. The number of nitrogens with one attached hydrogen (secondary N) is 2. The van der Waals surface area contributed by atoms with Crippen molar-refractivity contribution in [2.75, 3.05) is 30.0 Å². The average Bonchev–Trinajstić information content (AvgIpc) is 3.18. The van der Waals surface area contributed by atoms with Gasteiger partial charge >= 0.3 is 0 Å². The number of aromatic nitrogens is 2. The molecule has 0 aliphatic carbocycles. The lowest BCUT2D eigenvalue weighted by atomic mass is 10.2. The molecule has 0 saturated heterocycles. The third kappa shape index (κ3) is 6.83. The standard InChI is InChI=1S/C20H19Cl2N5O2S2/c1-12-7-8-13(9-15(12)22)23-19-25-26-20(31-19)30-11-18(29)27(2)10-17(28)24-16-6-4-3-5-14(16)21/h3-9H,10-11H2,1-2H3,(H,23,25)(H,24,28). The molecule has 2 N–H and O–H groups in total. The van der Waals surface area contributed by atoms with Crippen molar-refractivity contribution in [2.45, 2.75) is 11.3 Å². The number of thioether (sulfide) groups is 1. The first-order chi connectivity index (χ1) is 14.8. The van der Waals surface area contributed by atoms with Gasteiger partial charge in [-0.3, -0.25) is 9.59 Å². The van der Waals surface area contributed by atoms with Crippen molar-refractivity contribution in [3.8, 4) is 0 Å². The van der Waals surface area contributed by atoms with Gasteiger partial charge in [-0.1, -0.05) is 64.5 Å². The number of anilines is 3. The van der Waals surface area contributed by atoms with Crippen LogP contribution in [0.25, 0.3) is 0 Å². The van der Waals surface area contributed by atoms with Gasteiger partial charge in [-0.15, -0.1) is 10.2 Å². The van der Waals surface area contributed by atoms with Gasteiger partial charge in [-0.05, 0) is 36.8 Å². The zero-order valence-electron chi connectivity index (χ0n) is 16.7. The van der Waals surface area contributed by atoms with Crippen LogP contribution < -0.4 is 10.6 Å². The Labute approximate surface area is 198 Å². The number of carbonyl (C=O) groups is 2. The van der Waals surface area contributed by atoms with E-state index in [-0.39, 0.29) is 24.1 Å². The highest BCUT2D eigenvalue weighted by molar-refractivity contribution is 8.01. The predicted molar refractivity (Wildman–Crippen MR) is 128 cm³/mol. The minimum absolute atomic E-state index is 0.0816. The lowest BCUT2D eigenvalue weighted by Crippen LogP contribution is -2.36. The van der Waals surface area contributed by atoms with E-state index in [2.05, 4.69) is 20.8 Å². The van der Waals surface area contributed by atoms with Crippen LogP contribution in [0.4, 0.5) is 16.5 Å². The fourth-order valence-electron chi connectivity index (χ4n) is 2.40. The molecule has 0 bridgehead atoms. The Kier molecular flexibility index (Phi) is 8.14. The van der Waals surface area contributed by atoms with Gasteiger partial charge in [0.25, 0.3) is 0 Å². The van der Waals surface area contributed by atoms with Gasteiger partial charge in [0, 0.05) is 17.8 Å². The molecule has 0 fully saturated rings. The van der Waals surface area contributed by atoms with E-state index >= 15 is 0 Å². The molecular weight excluding hydrogens is 477 g/mol. The van der Waals surface area contributed by atoms with E-state index in [0.29, 0.717) is 25.2 Å². The fourth-order valence-corrected chi connectivity index (χ4v) is 4.48. The molecule has 162 valence electrons. The maximum atomic E-state index is 12.4. The number of aryl methyl sites for hydroxylation is 1. The molecule has 11 heteroatoms. The summed E-state index contributed by atoms with van der Waals surface area (Å²) in [6.45, 7) is 1.85. The van der Waals surface area contributed by atoms with Crippen molar-refractivity contribution in [2.24, 2.45) is 0 Å². The number of rotatable bonds is 8. The van der Waals surface area contributed by atoms with Gasteiger partial charge in [-0.2, -0.15) is 0 Å². The molecule has 31 heavy (non-hydrogen) atoms. The molecule has 0 aliphatic rings. The highest BCUT2D eigenvalue weighted by Gasteiger charge is 2.15. The maximum Gasteiger partial charge on any atom is 0.244 e. The molecule has 0 spiro atoms. The number of nitrogens with zero attached hydrogens (tertiary/aromatic N) is 3. The molecule has 7 nitrogen and oxygen atoms in total. The first kappa shape index (κ1) is 23.3. The Bertz CT molecular complexity index is 1090. The Balaban J connectivity index is 1.47. The Morgan fingerprint density at radius 2 is 1.90 bits per heavy atom. The summed E-state index contributed by atoms with van der Waals surface area (Å²) in [7, 11) is 1.57. The topological polar surface area (TPSA) is 87.2 Å². The second kappa shape index (κ2) is 10.8. The van der Waals surface area contributed by atoms with Gasteiger partial charge in [0.1, 0.15) is 0 Å². The van der Waals surface area contributed by atoms with Crippen molar-refractivity contribution >= 4 is 74.6 Å². The summed E-state index contributed by atoms with van der Waals surface area (Å²) in [5, 5.41) is 15.7. The quantitative estimate of drug-likeness (QED) is 0.423. The summed E-state index contributed by atoms with van der Waals surface area (Å²) in [4.78, 5) is 25.9. The molecule has 1 aromatic heterocycles. The van der Waals surface area contributed by atoms with Crippen molar-refractivity contribution in [3.05, 3.63) is 58.1 Å². The molecule has 0 saturated carbocycles. The first-order valence-electron chi connectivity index (χ1n) is 9.09. The van der Waals surface area contributed by atoms with Crippen LogP contribution in [0.5, 0.6) is 0 Å². The monoisotopic (exact) mass is 495 g/mol. The van der Waals surface area contributed by atoms with Crippen LogP contribution in [0.1, 0.15) is 5.56 Å². The van der Waals surface area contributed by atoms with Crippen LogP contribution >= 0.6 is 46.3 Å². The molecular formula is C20H19Cl2N5O2S2. The molecule has 3 aromatic rings. The SMILES string of the molecule is Cc1ccc(Nc2nnc(SCC(=O)N(C)CC(=O)Nc3ccccc3Cl)s2)cc1Cl. The van der Waals surface area contributed by atoms with Crippen molar-refractivity contribution in [3.63, 3.8) is 0 Å². The first-order valence-corrected chi connectivity index (χ1v) is 11.7. The summed E-state index contributed by atoms with van der Waals surface area (Å²) < 4.78 is 0.642. The summed E-state index contributed by atoms with van der Waals surface area (Å²) in [6.07, 6.45) is 0. The summed E-state index contributed by atoms with van der Waals surface area (Å²) in [5.41, 5.74) is 2.31. The smallest absolute Gasteiger partial charge is 0.244 e. The number of para-hydroxylation sites is 1. The molecule has 0 unspecified atom stereocenters. The number of hydrogen-bond acceptors (Lipinski definition) is 7. The molecule has 3 rings (SSSR count). The molecule has 0 atom stereocenters.